The second kappa shape index (κ2) is 13.6. The number of ether oxygens (including phenoxy) is 1. The first-order valence-corrected chi connectivity index (χ1v) is 18.9. The van der Waals surface area contributed by atoms with Gasteiger partial charge in [0.15, 0.2) is 0 Å². The summed E-state index contributed by atoms with van der Waals surface area (Å²) in [5, 5.41) is 14.6. The molecule has 4 aliphatic rings. The molecule has 2 heterocycles. The molecule has 2 aliphatic carbocycles. The average Bonchev–Trinajstić information content (AvgIpc) is 3.97. The molecule has 4 amide bonds. The van der Waals surface area contributed by atoms with Crippen molar-refractivity contribution in [2.24, 2.45) is 11.3 Å². The van der Waals surface area contributed by atoms with E-state index in [9.17, 15) is 41.6 Å². The van der Waals surface area contributed by atoms with Gasteiger partial charge in [-0.3, -0.25) is 24.0 Å². The highest BCUT2D eigenvalue weighted by molar-refractivity contribution is 7.91. The molecule has 278 valence electrons. The number of benzene rings is 2. The van der Waals surface area contributed by atoms with Crippen LogP contribution in [0.1, 0.15) is 76.5 Å². The van der Waals surface area contributed by atoms with E-state index in [4.69, 9.17) is 4.74 Å². The van der Waals surface area contributed by atoms with Crippen molar-refractivity contribution in [3.63, 3.8) is 0 Å². The second-order valence-corrected chi connectivity index (χ2v) is 17.1. The number of carbonyl (C=O) groups is 4. The molecule has 16 heteroatoms. The Labute approximate surface area is 301 Å². The maximum atomic E-state index is 14.5. The number of nitrogens with zero attached hydrogens (tertiary/aromatic N) is 3. The van der Waals surface area contributed by atoms with Crippen LogP contribution in [0, 0.1) is 34.3 Å². The van der Waals surface area contributed by atoms with E-state index in [-0.39, 0.29) is 49.6 Å². The van der Waals surface area contributed by atoms with Gasteiger partial charge in [0.05, 0.1) is 23.9 Å². The Morgan fingerprint density at radius 3 is 2.44 bits per heavy atom. The summed E-state index contributed by atoms with van der Waals surface area (Å²) in [6.07, 6.45) is -0.320. The van der Waals surface area contributed by atoms with Gasteiger partial charge in [-0.15, -0.1) is 0 Å². The Balaban J connectivity index is 1.25. The Bertz CT molecular complexity index is 1960. The number of nitrogens with one attached hydrogen (secondary N) is 3. The third-order valence-electron chi connectivity index (χ3n) is 10.4. The highest BCUT2D eigenvalue weighted by atomic mass is 32.2. The highest BCUT2D eigenvalue weighted by Crippen LogP contribution is 2.47. The molecule has 3 fully saturated rings. The number of hydrogen-bond acceptors (Lipinski definition) is 9. The number of anilines is 1. The molecule has 2 aliphatic heterocycles. The molecular weight excluding hydrogens is 698 g/mol. The van der Waals surface area contributed by atoms with E-state index in [1.807, 2.05) is 6.92 Å². The van der Waals surface area contributed by atoms with E-state index in [1.165, 1.54) is 28.0 Å². The Morgan fingerprint density at radius 2 is 1.83 bits per heavy atom. The number of amides is 4. The number of hydrogen-bond donors (Lipinski definition) is 3. The lowest BCUT2D eigenvalue weighted by Crippen LogP contribution is -2.58. The molecule has 0 unspecified atom stereocenters. The predicted octanol–water partition coefficient (Wildman–Crippen LogP) is 3.68. The number of carbonyl (C=O) groups excluding carboxylic acids is 4. The standard InChI is InChI=1S/C36H42F2N6O7S/c1-5-22-15-36(22,33(47)42-52(49,50)25-10-11-25)41-31(45)29-14-24(51-34(48)43-17-20-7-6-8-28(38)26(20)19-43)18-44(29)32(46)30(35(2,3)4)40-23-9-12-27(37)21(13-23)16-39/h6-9,12-13,22,24-25,29-30,40H,5,10-11,14-15,17-19H2,1-4H3,(H,41,45)(H,42,47)/t22-,24-,29+,30-,36-/m1/s1. The van der Waals surface area contributed by atoms with Crippen LogP contribution < -0.4 is 15.4 Å². The SMILES string of the molecule is CC[C@@H]1C[C@]1(NC(=O)[C@@H]1C[C@@H](OC(=O)N2Cc3cccc(F)c3C2)CN1C(=O)[C@@H](Nc1ccc(F)c(C#N)c1)C(C)(C)C)C(=O)NS(=O)(=O)C1CC1. The molecule has 0 radical (unpaired) electrons. The van der Waals surface area contributed by atoms with Gasteiger partial charge in [-0.25, -0.2) is 22.0 Å². The monoisotopic (exact) mass is 740 g/mol. The first-order valence-electron chi connectivity index (χ1n) is 17.3. The van der Waals surface area contributed by atoms with Gasteiger partial charge in [0, 0.05) is 24.2 Å². The van der Waals surface area contributed by atoms with Crippen LogP contribution >= 0.6 is 0 Å². The summed E-state index contributed by atoms with van der Waals surface area (Å²) in [7, 11) is -3.91. The Hall–Kier alpha value is -4.78. The smallest absolute Gasteiger partial charge is 0.410 e. The second-order valence-electron chi connectivity index (χ2n) is 15.2. The van der Waals surface area contributed by atoms with Crippen LogP contribution in [0.4, 0.5) is 19.3 Å². The van der Waals surface area contributed by atoms with Gasteiger partial charge < -0.3 is 20.3 Å². The van der Waals surface area contributed by atoms with E-state index in [1.54, 1.807) is 39.0 Å². The molecule has 13 nitrogen and oxygen atoms in total. The van der Waals surface area contributed by atoms with E-state index in [0.29, 0.717) is 30.4 Å². The van der Waals surface area contributed by atoms with Crippen LogP contribution in [0.2, 0.25) is 0 Å². The normalized spacial score (nSPS) is 24.4. The van der Waals surface area contributed by atoms with Crippen molar-refractivity contribution >= 4 is 39.5 Å². The van der Waals surface area contributed by atoms with Crippen molar-refractivity contribution in [2.75, 3.05) is 11.9 Å². The third kappa shape index (κ3) is 7.28. The van der Waals surface area contributed by atoms with Gasteiger partial charge in [-0.2, -0.15) is 5.26 Å². The van der Waals surface area contributed by atoms with Gasteiger partial charge in [0.2, 0.25) is 21.8 Å². The van der Waals surface area contributed by atoms with E-state index >= 15 is 0 Å². The van der Waals surface area contributed by atoms with Gasteiger partial charge in [-0.1, -0.05) is 46.2 Å². The van der Waals surface area contributed by atoms with Crippen molar-refractivity contribution < 1.29 is 41.1 Å². The summed E-state index contributed by atoms with van der Waals surface area (Å²) in [5.41, 5.74) is -1.25. The predicted molar refractivity (Wildman–Crippen MR) is 183 cm³/mol. The first kappa shape index (κ1) is 37.0. The summed E-state index contributed by atoms with van der Waals surface area (Å²) in [5.74, 6) is -3.65. The molecule has 2 saturated carbocycles. The minimum atomic E-state index is -3.91. The number of sulfonamides is 1. The zero-order valence-electron chi connectivity index (χ0n) is 29.4. The highest BCUT2D eigenvalue weighted by Gasteiger charge is 2.62. The van der Waals surface area contributed by atoms with Gasteiger partial charge in [0.1, 0.15) is 41.4 Å². The molecule has 2 aromatic carbocycles. The maximum absolute atomic E-state index is 14.5. The van der Waals surface area contributed by atoms with Crippen molar-refractivity contribution in [3.8, 4) is 6.07 Å². The van der Waals surface area contributed by atoms with Crippen molar-refractivity contribution in [3.05, 3.63) is 64.7 Å². The summed E-state index contributed by atoms with van der Waals surface area (Å²) in [6, 6.07) is 7.83. The minimum Gasteiger partial charge on any atom is -0.444 e. The van der Waals surface area contributed by atoms with Crippen molar-refractivity contribution in [1.82, 2.24) is 19.8 Å². The molecule has 0 aromatic heterocycles. The fraction of sp³-hybridized carbons (Fsp3) is 0.528. The molecule has 0 bridgehead atoms. The molecule has 6 rings (SSSR count). The summed E-state index contributed by atoms with van der Waals surface area (Å²) in [6.45, 7) is 7.05. The van der Waals surface area contributed by atoms with Gasteiger partial charge in [-0.05, 0) is 60.4 Å². The van der Waals surface area contributed by atoms with Crippen LogP contribution in [-0.4, -0.2) is 77.6 Å². The molecular formula is C36H42F2N6O7S. The Kier molecular flexibility index (Phi) is 9.71. The minimum absolute atomic E-state index is 0.0156. The molecule has 2 aromatic rings. The van der Waals surface area contributed by atoms with Crippen molar-refractivity contribution in [2.45, 2.75) is 102 Å². The lowest BCUT2D eigenvalue weighted by Gasteiger charge is -2.36. The van der Waals surface area contributed by atoms with Crippen molar-refractivity contribution in [1.29, 1.82) is 5.26 Å². The first-order chi connectivity index (χ1) is 24.5. The van der Waals surface area contributed by atoms with Crippen LogP contribution in [0.3, 0.4) is 0 Å². The lowest BCUT2D eigenvalue weighted by atomic mass is 9.85. The molecule has 52 heavy (non-hydrogen) atoms. The quantitative estimate of drug-likeness (QED) is 0.328. The molecule has 3 N–H and O–H groups in total. The fourth-order valence-electron chi connectivity index (χ4n) is 7.08. The Morgan fingerprint density at radius 1 is 1.10 bits per heavy atom. The topological polar surface area (TPSA) is 178 Å². The number of rotatable bonds is 10. The van der Waals surface area contributed by atoms with E-state index in [2.05, 4.69) is 15.4 Å². The van der Waals surface area contributed by atoms with E-state index < -0.39 is 79.9 Å². The largest absolute Gasteiger partial charge is 0.444 e. The number of halogens is 2. The van der Waals surface area contributed by atoms with Crippen LogP contribution in [-0.2, 0) is 42.2 Å². The van der Waals surface area contributed by atoms with Gasteiger partial charge >= 0.3 is 6.09 Å². The van der Waals surface area contributed by atoms with Crippen LogP contribution in [0.15, 0.2) is 36.4 Å². The average molecular weight is 741 g/mol. The summed E-state index contributed by atoms with van der Waals surface area (Å²) >= 11 is 0. The van der Waals surface area contributed by atoms with Crippen LogP contribution in [0.5, 0.6) is 0 Å². The molecule has 1 saturated heterocycles. The zero-order valence-corrected chi connectivity index (χ0v) is 30.2. The zero-order chi connectivity index (χ0) is 37.7. The van der Waals surface area contributed by atoms with Gasteiger partial charge in [0.25, 0.3) is 5.91 Å². The third-order valence-corrected chi connectivity index (χ3v) is 12.2. The number of likely N-dealkylation sites (tertiary alicyclic amines) is 1. The van der Waals surface area contributed by atoms with E-state index in [0.717, 1.165) is 6.07 Å². The number of nitriles is 1. The maximum Gasteiger partial charge on any atom is 0.410 e. The molecule has 0 spiro atoms. The fourth-order valence-corrected chi connectivity index (χ4v) is 8.44. The molecule has 5 atom stereocenters. The number of fused-ring (bicyclic) bond motifs is 1. The summed E-state index contributed by atoms with van der Waals surface area (Å²) in [4.78, 5) is 58.1. The van der Waals surface area contributed by atoms with Crippen LogP contribution in [0.25, 0.3) is 0 Å². The summed E-state index contributed by atoms with van der Waals surface area (Å²) < 4.78 is 61.8. The lowest BCUT2D eigenvalue weighted by molar-refractivity contribution is -0.141.